The molecule has 1 heterocycles. The normalized spacial score (nSPS) is 10.9. The van der Waals surface area contributed by atoms with Gasteiger partial charge < -0.3 is 5.11 Å². The van der Waals surface area contributed by atoms with E-state index in [1.807, 2.05) is 0 Å². The van der Waals surface area contributed by atoms with Gasteiger partial charge >= 0.3 is 0 Å². The highest BCUT2D eigenvalue weighted by atomic mass is 32.1. The Balaban J connectivity index is 1.85. The highest BCUT2D eigenvalue weighted by Gasteiger charge is 2.12. The van der Waals surface area contributed by atoms with Crippen molar-refractivity contribution in [2.45, 2.75) is 6.54 Å². The van der Waals surface area contributed by atoms with Crippen LogP contribution >= 0.6 is 12.2 Å². The average Bonchev–Trinajstić information content (AvgIpc) is 2.69. The number of nitrogens with one attached hydrogen (secondary N) is 2. The monoisotopic (exact) mass is 398 g/mol. The molecule has 0 spiro atoms. The van der Waals surface area contributed by atoms with Gasteiger partial charge in [-0.1, -0.05) is 30.3 Å². The first-order valence-corrected chi connectivity index (χ1v) is 8.55. The number of carbonyl (C=O) groups excluding carboxylic acids is 1. The zero-order valence-corrected chi connectivity index (χ0v) is 15.2. The van der Waals surface area contributed by atoms with Crippen LogP contribution in [0.1, 0.15) is 21.5 Å². The summed E-state index contributed by atoms with van der Waals surface area (Å²) in [5.41, 5.74) is 2.51. The third kappa shape index (κ3) is 4.38. The smallest absolute Gasteiger partial charge is 0.271 e. The molecule has 0 unspecified atom stereocenters. The molecule has 0 aliphatic rings. The number of hydrogen-bond acceptors (Lipinski definition) is 5. The Morgan fingerprint density at radius 1 is 1.21 bits per heavy atom. The zero-order valence-electron chi connectivity index (χ0n) is 14.4. The second-order valence-electron chi connectivity index (χ2n) is 5.77. The molecule has 0 bridgehead atoms. The van der Waals surface area contributed by atoms with Crippen molar-refractivity contribution in [2.24, 2.45) is 5.10 Å². The highest BCUT2D eigenvalue weighted by molar-refractivity contribution is 7.71. The molecule has 1 amide bonds. The van der Waals surface area contributed by atoms with Crippen molar-refractivity contribution in [3.8, 4) is 5.88 Å². The molecular weight excluding hydrogens is 383 g/mol. The summed E-state index contributed by atoms with van der Waals surface area (Å²) in [4.78, 5) is 26.5. The molecule has 28 heavy (non-hydrogen) atoms. The first-order chi connectivity index (χ1) is 13.5. The van der Waals surface area contributed by atoms with Gasteiger partial charge in [0.15, 0.2) is 4.77 Å². The topological polar surface area (TPSA) is 99.5 Å². The predicted octanol–water partition coefficient (Wildman–Crippen LogP) is 2.56. The van der Waals surface area contributed by atoms with E-state index < -0.39 is 17.3 Å². The number of aromatic amines is 1. The van der Waals surface area contributed by atoms with Crippen LogP contribution in [0, 0.1) is 10.6 Å². The van der Waals surface area contributed by atoms with Gasteiger partial charge in [0.25, 0.3) is 11.5 Å². The minimum absolute atomic E-state index is 0.00250. The third-order valence-corrected chi connectivity index (χ3v) is 4.18. The van der Waals surface area contributed by atoms with Crippen molar-refractivity contribution in [1.82, 2.24) is 15.0 Å². The summed E-state index contributed by atoms with van der Waals surface area (Å²) in [6, 6.07) is 14.0. The first-order valence-electron chi connectivity index (χ1n) is 8.14. The molecule has 0 fully saturated rings. The lowest BCUT2D eigenvalue weighted by Gasteiger charge is -2.11. The van der Waals surface area contributed by atoms with E-state index in [1.54, 1.807) is 30.3 Å². The number of rotatable bonds is 5. The predicted molar refractivity (Wildman–Crippen MR) is 105 cm³/mol. The van der Waals surface area contributed by atoms with E-state index in [1.165, 1.54) is 28.8 Å². The lowest BCUT2D eigenvalue weighted by atomic mass is 10.2. The molecule has 2 aromatic carbocycles. The fourth-order valence-electron chi connectivity index (χ4n) is 2.42. The molecule has 0 saturated carbocycles. The van der Waals surface area contributed by atoms with Crippen molar-refractivity contribution in [3.63, 3.8) is 0 Å². The van der Waals surface area contributed by atoms with Gasteiger partial charge in [0.05, 0.1) is 12.8 Å². The quantitative estimate of drug-likeness (QED) is 0.349. The zero-order chi connectivity index (χ0) is 20.1. The minimum Gasteiger partial charge on any atom is -0.494 e. The van der Waals surface area contributed by atoms with Crippen LogP contribution in [0.4, 0.5) is 4.39 Å². The van der Waals surface area contributed by atoms with Gasteiger partial charge in [0.2, 0.25) is 5.88 Å². The minimum atomic E-state index is -0.657. The molecule has 3 N–H and O–H groups in total. The second kappa shape index (κ2) is 8.40. The molecule has 0 atom stereocenters. The molecule has 0 aliphatic heterocycles. The third-order valence-electron chi connectivity index (χ3n) is 3.86. The van der Waals surface area contributed by atoms with Gasteiger partial charge in [-0.25, -0.2) is 9.82 Å². The Kier molecular flexibility index (Phi) is 5.75. The fraction of sp³-hybridized carbons (Fsp3) is 0.0526. The van der Waals surface area contributed by atoms with E-state index >= 15 is 0 Å². The van der Waals surface area contributed by atoms with E-state index in [-0.39, 0.29) is 22.7 Å². The Morgan fingerprint density at radius 3 is 2.57 bits per heavy atom. The molecular formula is C19H15FN4O3S. The maximum atomic E-state index is 13.1. The molecule has 1 aromatic heterocycles. The maximum absolute atomic E-state index is 13.1. The van der Waals surface area contributed by atoms with Crippen LogP contribution < -0.4 is 11.0 Å². The number of H-pyrrole nitrogens is 1. The number of nitrogens with zero attached hydrogens (tertiary/aromatic N) is 2. The Labute approximate surface area is 163 Å². The number of hydrogen-bond donors (Lipinski definition) is 3. The molecule has 7 nitrogen and oxygen atoms in total. The van der Waals surface area contributed by atoms with E-state index in [0.29, 0.717) is 11.1 Å². The summed E-state index contributed by atoms with van der Waals surface area (Å²) in [6.45, 7) is 0.110. The Bertz CT molecular complexity index is 1140. The van der Waals surface area contributed by atoms with Gasteiger partial charge in [0, 0.05) is 5.56 Å². The SMILES string of the molecule is O=C(NN=Cc1c(O)n(Cc2ccc(F)cc2)c(=S)[nH]c1=O)c1ccccc1. The van der Waals surface area contributed by atoms with Crippen molar-refractivity contribution in [3.05, 3.63) is 92.2 Å². The van der Waals surface area contributed by atoms with Crippen LogP contribution in [-0.4, -0.2) is 26.8 Å². The van der Waals surface area contributed by atoms with Crippen LogP contribution in [-0.2, 0) is 6.54 Å². The van der Waals surface area contributed by atoms with Crippen LogP contribution in [0.3, 0.4) is 0 Å². The van der Waals surface area contributed by atoms with Crippen LogP contribution in [0.2, 0.25) is 0 Å². The molecule has 3 aromatic rings. The molecule has 0 saturated heterocycles. The number of benzene rings is 2. The number of carbonyl (C=O) groups is 1. The lowest BCUT2D eigenvalue weighted by Crippen LogP contribution is -2.21. The average molecular weight is 398 g/mol. The van der Waals surface area contributed by atoms with Gasteiger partial charge in [-0.15, -0.1) is 0 Å². The Hall–Kier alpha value is -3.59. The number of amides is 1. The Morgan fingerprint density at radius 2 is 1.89 bits per heavy atom. The first kappa shape index (κ1) is 19.2. The van der Waals surface area contributed by atoms with E-state index in [4.69, 9.17) is 12.2 Å². The van der Waals surface area contributed by atoms with Crippen LogP contribution in [0.25, 0.3) is 0 Å². The summed E-state index contributed by atoms with van der Waals surface area (Å²) in [5.74, 6) is -1.28. The van der Waals surface area contributed by atoms with Crippen molar-refractivity contribution >= 4 is 24.3 Å². The molecule has 3 rings (SSSR count). The maximum Gasteiger partial charge on any atom is 0.271 e. The summed E-state index contributed by atoms with van der Waals surface area (Å²) >= 11 is 5.09. The van der Waals surface area contributed by atoms with E-state index in [2.05, 4.69) is 15.5 Å². The van der Waals surface area contributed by atoms with Gasteiger partial charge in [-0.2, -0.15) is 5.10 Å². The largest absolute Gasteiger partial charge is 0.494 e. The van der Waals surface area contributed by atoms with E-state index in [9.17, 15) is 19.1 Å². The summed E-state index contributed by atoms with van der Waals surface area (Å²) < 4.78 is 14.3. The van der Waals surface area contributed by atoms with Crippen molar-refractivity contribution in [2.75, 3.05) is 0 Å². The van der Waals surface area contributed by atoms with E-state index in [0.717, 1.165) is 6.21 Å². The molecule has 0 aliphatic carbocycles. The number of aromatic hydroxyl groups is 1. The number of halogens is 1. The van der Waals surface area contributed by atoms with Crippen LogP contribution in [0.5, 0.6) is 5.88 Å². The lowest BCUT2D eigenvalue weighted by molar-refractivity contribution is 0.0955. The second-order valence-corrected chi connectivity index (χ2v) is 6.16. The van der Waals surface area contributed by atoms with Crippen molar-refractivity contribution < 1.29 is 14.3 Å². The van der Waals surface area contributed by atoms with Crippen LogP contribution in [0.15, 0.2) is 64.5 Å². The highest BCUT2D eigenvalue weighted by Crippen LogP contribution is 2.14. The number of aromatic nitrogens is 2. The number of hydrazone groups is 1. The van der Waals surface area contributed by atoms with Gasteiger partial charge in [-0.05, 0) is 42.0 Å². The van der Waals surface area contributed by atoms with Gasteiger partial charge in [0.1, 0.15) is 11.4 Å². The fourth-order valence-corrected chi connectivity index (χ4v) is 2.66. The molecule has 0 radical (unpaired) electrons. The summed E-state index contributed by atoms with van der Waals surface area (Å²) in [5, 5.41) is 14.2. The summed E-state index contributed by atoms with van der Waals surface area (Å²) in [7, 11) is 0. The standard InChI is InChI=1S/C19H15FN4O3S/c20-14-8-6-12(7-9-14)11-24-18(27)15(17(26)22-19(24)28)10-21-23-16(25)13-4-2-1-3-5-13/h1-10,27H,11H2,(H,23,25)(H,22,26,28). The van der Waals surface area contributed by atoms with Crippen molar-refractivity contribution in [1.29, 1.82) is 0 Å². The van der Waals surface area contributed by atoms with Gasteiger partial charge in [-0.3, -0.25) is 19.1 Å². The molecule has 142 valence electrons. The molecule has 9 heteroatoms. The summed E-state index contributed by atoms with van der Waals surface area (Å²) in [6.07, 6.45) is 1.03.